The van der Waals surface area contributed by atoms with Gasteiger partial charge in [0.1, 0.15) is 29.6 Å². The van der Waals surface area contributed by atoms with Gasteiger partial charge in [-0.05, 0) is 71.3 Å². The van der Waals surface area contributed by atoms with Crippen LogP contribution in [0.15, 0.2) is 79.1 Å². The molecule has 0 radical (unpaired) electrons. The molecule has 7 heteroatoms. The molecule has 4 N–H and O–H groups in total. The van der Waals surface area contributed by atoms with Crippen LogP contribution in [0.3, 0.4) is 0 Å². The van der Waals surface area contributed by atoms with Crippen LogP contribution in [0.5, 0.6) is 0 Å². The topological polar surface area (TPSA) is 102 Å². The van der Waals surface area contributed by atoms with Crippen LogP contribution in [-0.2, 0) is 16.8 Å². The molecule has 5 aromatic rings. The number of aromatic amines is 2. The zero-order valence-electron chi connectivity index (χ0n) is 19.7. The van der Waals surface area contributed by atoms with Crippen LogP contribution in [0.1, 0.15) is 54.8 Å². The molecule has 3 aromatic carbocycles. The molecule has 2 heterocycles. The van der Waals surface area contributed by atoms with Crippen LogP contribution < -0.4 is 0 Å². The second kappa shape index (κ2) is 10.5. The number of aromatic nitrogens is 3. The van der Waals surface area contributed by atoms with Gasteiger partial charge >= 0.3 is 0 Å². The number of aliphatic hydroxyl groups is 2. The third kappa shape index (κ3) is 5.09. The van der Waals surface area contributed by atoms with E-state index in [1.165, 1.54) is 12.3 Å². The van der Waals surface area contributed by atoms with Gasteiger partial charge in [0.05, 0.1) is 17.5 Å². The number of halogens is 1. The summed E-state index contributed by atoms with van der Waals surface area (Å²) >= 11 is 0. The van der Waals surface area contributed by atoms with Crippen molar-refractivity contribution >= 4 is 17.2 Å². The molecule has 0 fully saturated rings. The number of carbonyl (C=O) groups excluding carboxylic acids is 1. The number of nitrogens with one attached hydrogen (secondary N) is 2. The van der Waals surface area contributed by atoms with E-state index in [9.17, 15) is 19.4 Å². The fraction of sp³-hybridized carbons (Fsp3) is 0.200. The average molecular weight is 500 g/mol. The Bertz CT molecular complexity index is 1540. The van der Waals surface area contributed by atoms with Crippen molar-refractivity contribution in [2.24, 2.45) is 0 Å². The highest BCUT2D eigenvalue weighted by Gasteiger charge is 2.29. The van der Waals surface area contributed by atoms with Crippen LogP contribution >= 0.6 is 0 Å². The number of benzene rings is 3. The Morgan fingerprint density at radius 1 is 1.08 bits per heavy atom. The first-order chi connectivity index (χ1) is 17.4. The highest BCUT2D eigenvalue weighted by Crippen LogP contribution is 2.33. The minimum Gasteiger partial charge on any atom is -0.384 e. The lowest BCUT2D eigenvalue weighted by molar-refractivity contribution is -0.107. The van der Waals surface area contributed by atoms with Gasteiger partial charge in [-0.1, -0.05) is 43.8 Å². The van der Waals surface area contributed by atoms with E-state index in [2.05, 4.69) is 15.0 Å². The van der Waals surface area contributed by atoms with E-state index in [1.807, 2.05) is 48.7 Å². The summed E-state index contributed by atoms with van der Waals surface area (Å²) in [6.45, 7) is 1.64. The zero-order chi connectivity index (χ0) is 25.3. The van der Waals surface area contributed by atoms with Gasteiger partial charge in [0.15, 0.2) is 0 Å². The normalized spacial score (nSPS) is 13.6. The number of fused-ring (bicyclic) bond motifs is 1. The molecule has 2 aromatic heterocycles. The number of H-pyrrole nitrogens is 2. The Labute approximate surface area is 214 Å². The van der Waals surface area contributed by atoms with Crippen LogP contribution in [0.4, 0.5) is 4.39 Å². The molecule has 0 amide bonds. The smallest absolute Gasteiger partial charge is 0.140 e. The van der Waals surface area contributed by atoms with Crippen LogP contribution in [0.25, 0.3) is 22.3 Å². The summed E-state index contributed by atoms with van der Waals surface area (Å²) in [7, 11) is 0. The first-order valence-corrected chi connectivity index (χ1v) is 11.7. The summed E-state index contributed by atoms with van der Waals surface area (Å²) in [4.78, 5) is 21.2. The number of aryl methyl sites for hydroxylation is 1. The fourth-order valence-electron chi connectivity index (χ4n) is 4.44. The predicted molar refractivity (Wildman–Crippen MR) is 143 cm³/mol. The van der Waals surface area contributed by atoms with E-state index >= 15 is 0 Å². The number of aldehydes is 1. The predicted octanol–water partition coefficient (Wildman–Crippen LogP) is 5.80. The van der Waals surface area contributed by atoms with Gasteiger partial charge in [-0.25, -0.2) is 9.37 Å². The molecule has 0 aliphatic carbocycles. The Morgan fingerprint density at radius 2 is 1.86 bits per heavy atom. The molecule has 2 atom stereocenters. The molecule has 0 bridgehead atoms. The second-order valence-corrected chi connectivity index (χ2v) is 9.09. The lowest BCUT2D eigenvalue weighted by Crippen LogP contribution is -2.23. The van der Waals surface area contributed by atoms with E-state index in [0.29, 0.717) is 35.2 Å². The Balaban J connectivity index is 0.00000320. The lowest BCUT2D eigenvalue weighted by atomic mass is 9.91. The maximum atomic E-state index is 14.9. The standard InChI is InChI=1S/C29H26FN3O3.CH4/c1-29(36,22-6-2-4-18(14-22)5-3-13-34)26-17-32-28(33-26)23-16-21(7-9-24(23)30)27(35)20-8-10-25-19(15-20)11-12-31-25;/h2,4,6-17,27,31,35-36H,3,5H2,1H3,(H,32,33);1H4. The van der Waals surface area contributed by atoms with Gasteiger partial charge in [-0.3, -0.25) is 0 Å². The van der Waals surface area contributed by atoms with Gasteiger partial charge in [0.25, 0.3) is 0 Å². The molecule has 2 unspecified atom stereocenters. The Hall–Kier alpha value is -4.07. The number of imidazole rings is 1. The molecule has 5 rings (SSSR count). The van der Waals surface area contributed by atoms with Crippen LogP contribution in [0, 0.1) is 5.82 Å². The summed E-state index contributed by atoms with van der Waals surface area (Å²) in [5.41, 5.74) is 2.92. The minimum absolute atomic E-state index is 0. The van der Waals surface area contributed by atoms with Gasteiger partial charge in [0, 0.05) is 18.1 Å². The monoisotopic (exact) mass is 499 g/mol. The van der Waals surface area contributed by atoms with Crippen molar-refractivity contribution in [3.63, 3.8) is 0 Å². The molecular formula is C30H30FN3O3. The summed E-state index contributed by atoms with van der Waals surface area (Å²) in [5.74, 6) is -0.251. The third-order valence-electron chi connectivity index (χ3n) is 6.59. The van der Waals surface area contributed by atoms with E-state index in [4.69, 9.17) is 0 Å². The number of hydrogen-bond donors (Lipinski definition) is 4. The van der Waals surface area contributed by atoms with E-state index in [0.717, 1.165) is 22.8 Å². The summed E-state index contributed by atoms with van der Waals surface area (Å²) in [6.07, 6.45) is 4.22. The molecule has 37 heavy (non-hydrogen) atoms. The van der Waals surface area contributed by atoms with E-state index < -0.39 is 17.5 Å². The SMILES string of the molecule is C.CC(O)(c1cccc(CCC=O)c1)c1cnc(-c2cc(C(O)c3ccc4[nH]ccc4c3)ccc2F)[nH]1. The largest absolute Gasteiger partial charge is 0.384 e. The maximum Gasteiger partial charge on any atom is 0.140 e. The van der Waals surface area contributed by atoms with Crippen molar-refractivity contribution in [3.05, 3.63) is 113 Å². The molecule has 0 saturated carbocycles. The van der Waals surface area contributed by atoms with E-state index in [1.54, 1.807) is 25.1 Å². The molecule has 6 nitrogen and oxygen atoms in total. The van der Waals surface area contributed by atoms with E-state index in [-0.39, 0.29) is 18.8 Å². The van der Waals surface area contributed by atoms with Gasteiger partial charge in [-0.2, -0.15) is 0 Å². The van der Waals surface area contributed by atoms with Crippen molar-refractivity contribution in [1.29, 1.82) is 0 Å². The second-order valence-electron chi connectivity index (χ2n) is 9.09. The van der Waals surface area contributed by atoms with Crippen molar-refractivity contribution in [2.45, 2.75) is 38.9 Å². The third-order valence-corrected chi connectivity index (χ3v) is 6.59. The molecule has 0 spiro atoms. The van der Waals surface area contributed by atoms with Crippen LogP contribution in [-0.4, -0.2) is 31.5 Å². The number of hydrogen-bond acceptors (Lipinski definition) is 4. The highest BCUT2D eigenvalue weighted by molar-refractivity contribution is 5.80. The van der Waals surface area contributed by atoms with Crippen molar-refractivity contribution < 1.29 is 19.4 Å². The fourth-order valence-corrected chi connectivity index (χ4v) is 4.44. The Morgan fingerprint density at radius 3 is 2.68 bits per heavy atom. The van der Waals surface area contributed by atoms with Gasteiger partial charge in [0.2, 0.25) is 0 Å². The summed E-state index contributed by atoms with van der Waals surface area (Å²) in [5, 5.41) is 23.3. The number of nitrogens with zero attached hydrogens (tertiary/aromatic N) is 1. The first-order valence-electron chi connectivity index (χ1n) is 11.7. The quantitative estimate of drug-likeness (QED) is 0.203. The number of rotatable bonds is 8. The lowest BCUT2D eigenvalue weighted by Gasteiger charge is -2.23. The highest BCUT2D eigenvalue weighted by atomic mass is 19.1. The average Bonchev–Trinajstić information content (AvgIpc) is 3.57. The Kier molecular flexibility index (Phi) is 7.38. The van der Waals surface area contributed by atoms with Crippen molar-refractivity contribution in [3.8, 4) is 11.4 Å². The maximum absolute atomic E-state index is 14.9. The minimum atomic E-state index is -1.41. The van der Waals surface area contributed by atoms with Crippen molar-refractivity contribution in [2.75, 3.05) is 0 Å². The first kappa shape index (κ1) is 26.0. The van der Waals surface area contributed by atoms with Crippen LogP contribution in [0.2, 0.25) is 0 Å². The number of carbonyl (C=O) groups is 1. The molecule has 0 aliphatic rings. The molecule has 0 saturated heterocycles. The molecule has 0 aliphatic heterocycles. The summed E-state index contributed by atoms with van der Waals surface area (Å²) in [6, 6.07) is 19.4. The number of aliphatic hydroxyl groups excluding tert-OH is 1. The summed E-state index contributed by atoms with van der Waals surface area (Å²) < 4.78 is 14.9. The molecular weight excluding hydrogens is 469 g/mol. The van der Waals surface area contributed by atoms with Crippen molar-refractivity contribution in [1.82, 2.24) is 15.0 Å². The van der Waals surface area contributed by atoms with Gasteiger partial charge < -0.3 is 25.0 Å². The van der Waals surface area contributed by atoms with Gasteiger partial charge in [-0.15, -0.1) is 0 Å². The molecule has 190 valence electrons. The zero-order valence-corrected chi connectivity index (χ0v) is 19.7.